The molecule has 6 nitrogen and oxygen atoms in total. The second-order valence-corrected chi connectivity index (χ2v) is 5.54. The maximum atomic E-state index is 12.3. The van der Waals surface area contributed by atoms with E-state index in [4.69, 9.17) is 6.42 Å². The van der Waals surface area contributed by atoms with Gasteiger partial charge in [0, 0.05) is 5.56 Å². The number of halogens is 2. The number of rotatable bonds is 5. The first kappa shape index (κ1) is 18.7. The minimum absolute atomic E-state index is 0.0857. The standard InChI is InChI=1S/C17H19F2N3O3/c1-2-9-22-10-4-3-8-14(22)16(24)21-20-15(23)12-6-5-7-13(11-12)25-17(18)19/h1,5-7,11,14,17H,3-4,8-10H2,(H,20,23)(H,21,24). The largest absolute Gasteiger partial charge is 0.435 e. The highest BCUT2D eigenvalue weighted by Gasteiger charge is 2.28. The summed E-state index contributed by atoms with van der Waals surface area (Å²) < 4.78 is 28.7. The molecule has 25 heavy (non-hydrogen) atoms. The maximum absolute atomic E-state index is 12.3. The lowest BCUT2D eigenvalue weighted by Gasteiger charge is -2.33. The van der Waals surface area contributed by atoms with E-state index in [1.54, 1.807) is 0 Å². The number of benzene rings is 1. The van der Waals surface area contributed by atoms with Gasteiger partial charge in [-0.25, -0.2) is 0 Å². The highest BCUT2D eigenvalue weighted by atomic mass is 19.3. The summed E-state index contributed by atoms with van der Waals surface area (Å²) in [6.07, 6.45) is 7.83. The first-order valence-electron chi connectivity index (χ1n) is 7.84. The number of nitrogens with one attached hydrogen (secondary N) is 2. The van der Waals surface area contributed by atoms with Crippen molar-refractivity contribution in [1.82, 2.24) is 15.8 Å². The van der Waals surface area contributed by atoms with Crippen molar-refractivity contribution in [3.63, 3.8) is 0 Å². The van der Waals surface area contributed by atoms with Crippen molar-refractivity contribution in [2.75, 3.05) is 13.1 Å². The Bertz CT molecular complexity index is 661. The van der Waals surface area contributed by atoms with Gasteiger partial charge in [0.25, 0.3) is 11.8 Å². The van der Waals surface area contributed by atoms with Gasteiger partial charge >= 0.3 is 6.61 Å². The molecular formula is C17H19F2N3O3. The van der Waals surface area contributed by atoms with Gasteiger partial charge < -0.3 is 4.74 Å². The molecular weight excluding hydrogens is 332 g/mol. The van der Waals surface area contributed by atoms with Crippen LogP contribution in [-0.2, 0) is 4.79 Å². The molecule has 2 N–H and O–H groups in total. The zero-order chi connectivity index (χ0) is 18.2. The van der Waals surface area contributed by atoms with Crippen LogP contribution >= 0.6 is 0 Å². The Labute approximate surface area is 144 Å². The van der Waals surface area contributed by atoms with Crippen LogP contribution in [0.2, 0.25) is 0 Å². The van der Waals surface area contributed by atoms with Crippen LogP contribution in [-0.4, -0.2) is 42.5 Å². The predicted octanol–water partition coefficient (Wildman–Crippen LogP) is 1.54. The molecule has 8 heteroatoms. The van der Waals surface area contributed by atoms with Gasteiger partial charge in [0.1, 0.15) is 5.75 Å². The lowest BCUT2D eigenvalue weighted by Crippen LogP contribution is -2.54. The molecule has 0 spiro atoms. The molecule has 0 aromatic heterocycles. The van der Waals surface area contributed by atoms with Crippen LogP contribution in [0.25, 0.3) is 0 Å². The number of ether oxygens (including phenoxy) is 1. The molecule has 1 aromatic carbocycles. The van der Waals surface area contributed by atoms with Crippen LogP contribution in [0.15, 0.2) is 24.3 Å². The van der Waals surface area contributed by atoms with Crippen LogP contribution in [0, 0.1) is 12.3 Å². The number of hydrogen-bond donors (Lipinski definition) is 2. The molecule has 1 aliphatic rings. The molecule has 1 aromatic rings. The Balaban J connectivity index is 1.92. The summed E-state index contributed by atoms with van der Waals surface area (Å²) in [5.41, 5.74) is 4.73. The first-order valence-corrected chi connectivity index (χ1v) is 7.84. The Morgan fingerprint density at radius 2 is 2.16 bits per heavy atom. The van der Waals surface area contributed by atoms with E-state index in [1.807, 2.05) is 4.90 Å². The number of terminal acetylenes is 1. The molecule has 0 radical (unpaired) electrons. The fourth-order valence-corrected chi connectivity index (χ4v) is 2.68. The van der Waals surface area contributed by atoms with Crippen molar-refractivity contribution in [2.45, 2.75) is 31.9 Å². The van der Waals surface area contributed by atoms with Crippen LogP contribution in [0.5, 0.6) is 5.75 Å². The normalized spacial score (nSPS) is 17.6. The van der Waals surface area contributed by atoms with Crippen LogP contribution in [0.3, 0.4) is 0 Å². The number of hydrogen-bond acceptors (Lipinski definition) is 4. The van der Waals surface area contributed by atoms with Gasteiger partial charge in [0.2, 0.25) is 0 Å². The number of nitrogens with zero attached hydrogens (tertiary/aromatic N) is 1. The molecule has 2 amide bonds. The van der Waals surface area contributed by atoms with E-state index in [0.29, 0.717) is 13.0 Å². The van der Waals surface area contributed by atoms with Gasteiger partial charge in [-0.3, -0.25) is 25.3 Å². The van der Waals surface area contributed by atoms with E-state index in [1.165, 1.54) is 24.3 Å². The van der Waals surface area contributed by atoms with Crippen LogP contribution < -0.4 is 15.6 Å². The molecule has 1 atom stereocenters. The van der Waals surface area contributed by atoms with Crippen LogP contribution in [0.1, 0.15) is 29.6 Å². The smallest absolute Gasteiger partial charge is 0.387 e. The highest BCUT2D eigenvalue weighted by Crippen LogP contribution is 2.17. The van der Waals surface area contributed by atoms with Gasteiger partial charge in [-0.05, 0) is 37.6 Å². The van der Waals surface area contributed by atoms with Crippen molar-refractivity contribution in [3.05, 3.63) is 29.8 Å². The number of alkyl halides is 2. The number of hydrazine groups is 1. The molecule has 0 saturated carbocycles. The lowest BCUT2D eigenvalue weighted by atomic mass is 10.0. The number of carbonyl (C=O) groups is 2. The third-order valence-corrected chi connectivity index (χ3v) is 3.83. The van der Waals surface area contributed by atoms with Crippen molar-refractivity contribution < 1.29 is 23.1 Å². The van der Waals surface area contributed by atoms with E-state index in [-0.39, 0.29) is 17.2 Å². The minimum Gasteiger partial charge on any atom is -0.435 e. The number of piperidine rings is 1. The average molecular weight is 351 g/mol. The van der Waals surface area contributed by atoms with E-state index in [9.17, 15) is 18.4 Å². The van der Waals surface area contributed by atoms with Gasteiger partial charge in [0.15, 0.2) is 0 Å². The van der Waals surface area contributed by atoms with E-state index in [0.717, 1.165) is 19.4 Å². The third kappa shape index (κ3) is 5.43. The summed E-state index contributed by atoms with van der Waals surface area (Å²) >= 11 is 0. The molecule has 1 heterocycles. The molecule has 2 rings (SSSR count). The summed E-state index contributed by atoms with van der Waals surface area (Å²) in [4.78, 5) is 26.2. The zero-order valence-electron chi connectivity index (χ0n) is 13.5. The Morgan fingerprint density at radius 3 is 2.88 bits per heavy atom. The molecule has 134 valence electrons. The van der Waals surface area contributed by atoms with Crippen LogP contribution in [0.4, 0.5) is 8.78 Å². The summed E-state index contributed by atoms with van der Waals surface area (Å²) in [7, 11) is 0. The van der Waals surface area contributed by atoms with Gasteiger partial charge in [-0.1, -0.05) is 18.4 Å². The number of carbonyl (C=O) groups excluding carboxylic acids is 2. The Kier molecular flexibility index (Phi) is 6.71. The highest BCUT2D eigenvalue weighted by molar-refractivity contribution is 5.96. The quantitative estimate of drug-likeness (QED) is 0.624. The first-order chi connectivity index (χ1) is 12.0. The fourth-order valence-electron chi connectivity index (χ4n) is 2.68. The topological polar surface area (TPSA) is 70.7 Å². The van der Waals surface area contributed by atoms with Crippen molar-refractivity contribution in [3.8, 4) is 18.1 Å². The molecule has 0 aliphatic carbocycles. The van der Waals surface area contributed by atoms with Crippen molar-refractivity contribution in [1.29, 1.82) is 0 Å². The van der Waals surface area contributed by atoms with E-state index in [2.05, 4.69) is 21.5 Å². The molecule has 1 unspecified atom stereocenters. The number of likely N-dealkylation sites (tertiary alicyclic amines) is 1. The summed E-state index contributed by atoms with van der Waals surface area (Å²) in [5.74, 6) is 1.39. The summed E-state index contributed by atoms with van der Waals surface area (Å²) in [6, 6.07) is 4.90. The molecule has 1 aliphatic heterocycles. The second kappa shape index (κ2) is 8.99. The second-order valence-electron chi connectivity index (χ2n) is 5.54. The monoisotopic (exact) mass is 351 g/mol. The molecule has 0 bridgehead atoms. The summed E-state index contributed by atoms with van der Waals surface area (Å²) in [5, 5.41) is 0. The van der Waals surface area contributed by atoms with Gasteiger partial charge in [-0.2, -0.15) is 8.78 Å². The lowest BCUT2D eigenvalue weighted by molar-refractivity contribution is -0.128. The Hall–Kier alpha value is -2.66. The van der Waals surface area contributed by atoms with Crippen molar-refractivity contribution >= 4 is 11.8 Å². The minimum atomic E-state index is -2.98. The Morgan fingerprint density at radius 1 is 1.36 bits per heavy atom. The average Bonchev–Trinajstić information content (AvgIpc) is 2.60. The fraction of sp³-hybridized carbons (Fsp3) is 0.412. The predicted molar refractivity (Wildman–Crippen MR) is 86.7 cm³/mol. The van der Waals surface area contributed by atoms with Gasteiger partial charge in [0.05, 0.1) is 12.6 Å². The van der Waals surface area contributed by atoms with E-state index >= 15 is 0 Å². The third-order valence-electron chi connectivity index (χ3n) is 3.83. The zero-order valence-corrected chi connectivity index (χ0v) is 13.5. The molecule has 1 fully saturated rings. The number of amides is 2. The SMILES string of the molecule is C#CCN1CCCCC1C(=O)NNC(=O)c1cccc(OC(F)F)c1. The summed E-state index contributed by atoms with van der Waals surface area (Å²) in [6.45, 7) is -1.89. The molecule has 1 saturated heterocycles. The van der Waals surface area contributed by atoms with Crippen molar-refractivity contribution in [2.24, 2.45) is 0 Å². The van der Waals surface area contributed by atoms with E-state index < -0.39 is 18.6 Å². The maximum Gasteiger partial charge on any atom is 0.387 e. The van der Waals surface area contributed by atoms with Gasteiger partial charge in [-0.15, -0.1) is 6.42 Å².